The summed E-state index contributed by atoms with van der Waals surface area (Å²) in [6, 6.07) is 14.9. The highest BCUT2D eigenvalue weighted by molar-refractivity contribution is 9.11. The monoisotopic (exact) mass is 788 g/mol. The normalized spacial score (nSPS) is 11.1. The number of hydrogen-bond acceptors (Lipinski definition) is 4. The Hall–Kier alpha value is -0.770. The van der Waals surface area contributed by atoms with E-state index in [0.717, 1.165) is 11.1 Å². The van der Waals surface area contributed by atoms with Crippen LogP contribution in [0, 0.1) is 0 Å². The summed E-state index contributed by atoms with van der Waals surface area (Å²) in [5.74, 6) is 0.697. The molecule has 0 spiro atoms. The molecule has 0 fully saturated rings. The van der Waals surface area contributed by atoms with Crippen molar-refractivity contribution < 1.29 is 20.1 Å². The minimum Gasteiger partial charge on any atom is -0.508 e. The first kappa shape index (κ1) is 33.3. The smallest absolute Gasteiger partial charge is 0.313 e. The van der Waals surface area contributed by atoms with E-state index in [4.69, 9.17) is 9.90 Å². The highest BCUT2D eigenvalue weighted by atomic mass is 79.9. The SMILES string of the molecule is CC(C)(C)c1ccc(O)cc1.CC(C)(c1cc(Br)c(O)c(Br)c1)c1cc(Br)c(O)c(Br)c1.O=C(Cl)Cl. The molecule has 0 unspecified atom stereocenters. The number of carbonyl (C=O) groups excluding carboxylic acids is 1. The summed E-state index contributed by atoms with van der Waals surface area (Å²) in [7, 11) is 0. The van der Waals surface area contributed by atoms with Gasteiger partial charge in [-0.05, 0) is 145 Å². The quantitative estimate of drug-likeness (QED) is 0.226. The third-order valence-electron chi connectivity index (χ3n) is 5.21. The zero-order valence-corrected chi connectivity index (χ0v) is 28.0. The molecule has 0 amide bonds. The third kappa shape index (κ3) is 9.84. The van der Waals surface area contributed by atoms with Gasteiger partial charge in [0.25, 0.3) is 0 Å². The first-order valence-corrected chi connectivity index (χ1v) is 14.3. The van der Waals surface area contributed by atoms with Gasteiger partial charge in [-0.25, -0.2) is 0 Å². The molecule has 196 valence electrons. The van der Waals surface area contributed by atoms with E-state index < -0.39 is 4.70 Å². The molecule has 0 saturated heterocycles. The lowest BCUT2D eigenvalue weighted by molar-refractivity contribution is 0.275. The van der Waals surface area contributed by atoms with Gasteiger partial charge in [-0.3, -0.25) is 4.79 Å². The summed E-state index contributed by atoms with van der Waals surface area (Å²) < 4.78 is 1.66. The number of hydrogen-bond donors (Lipinski definition) is 3. The molecule has 0 radical (unpaired) electrons. The van der Waals surface area contributed by atoms with Crippen LogP contribution in [-0.4, -0.2) is 20.0 Å². The average Bonchev–Trinajstić information content (AvgIpc) is 2.74. The fraction of sp³-hybridized carbons (Fsp3) is 0.269. The van der Waals surface area contributed by atoms with E-state index in [1.807, 2.05) is 36.4 Å². The summed E-state index contributed by atoms with van der Waals surface area (Å²) in [4.78, 5) is 8.98. The number of rotatable bonds is 2. The topological polar surface area (TPSA) is 77.8 Å². The average molecular weight is 793 g/mol. The Morgan fingerprint density at radius 3 is 1.17 bits per heavy atom. The van der Waals surface area contributed by atoms with Crippen LogP contribution in [0.15, 0.2) is 66.4 Å². The standard InChI is InChI=1S/C15H12Br4O2.C10H14O.CCl2O/c1-15(2,7-3-9(16)13(20)10(17)4-7)8-5-11(18)14(21)12(19)6-8;1-10(2,3)8-4-6-9(11)7-5-8;2-1(3)4/h3-6,20-21H,1-2H3;4-7,11H,1-3H3;. The molecule has 0 aliphatic heterocycles. The van der Waals surface area contributed by atoms with Crippen molar-refractivity contribution in [3.05, 3.63) is 83.1 Å². The lowest BCUT2D eigenvalue weighted by Crippen LogP contribution is -2.19. The molecule has 0 heterocycles. The van der Waals surface area contributed by atoms with Crippen LogP contribution in [0.3, 0.4) is 0 Å². The summed E-state index contributed by atoms with van der Waals surface area (Å²) in [5, 5.41) is 28.7. The number of phenols is 3. The lowest BCUT2D eigenvalue weighted by atomic mass is 9.78. The summed E-state index contributed by atoms with van der Waals surface area (Å²) in [6.07, 6.45) is 0. The zero-order chi connectivity index (χ0) is 28.0. The third-order valence-corrected chi connectivity index (χ3v) is 7.63. The minimum atomic E-state index is -0.889. The molecule has 0 atom stereocenters. The maximum atomic E-state index is 9.85. The van der Waals surface area contributed by atoms with Crippen LogP contribution in [0.25, 0.3) is 0 Å². The molecular weight excluding hydrogens is 767 g/mol. The zero-order valence-electron chi connectivity index (χ0n) is 20.1. The molecule has 0 aliphatic rings. The Labute approximate surface area is 255 Å². The molecule has 3 aromatic rings. The van der Waals surface area contributed by atoms with Crippen molar-refractivity contribution in [3.63, 3.8) is 0 Å². The fourth-order valence-electron chi connectivity index (χ4n) is 2.98. The van der Waals surface area contributed by atoms with Gasteiger partial charge in [0, 0.05) is 5.41 Å². The number of carbonyl (C=O) groups is 1. The van der Waals surface area contributed by atoms with Crippen molar-refractivity contribution in [1.29, 1.82) is 0 Å². The molecule has 10 heteroatoms. The Morgan fingerprint density at radius 2 is 0.917 bits per heavy atom. The predicted molar refractivity (Wildman–Crippen MR) is 163 cm³/mol. The summed E-state index contributed by atoms with van der Waals surface area (Å²) in [6.45, 7) is 10.6. The van der Waals surface area contributed by atoms with Gasteiger partial charge in [0.15, 0.2) is 0 Å². The molecule has 0 bridgehead atoms. The van der Waals surface area contributed by atoms with Gasteiger partial charge in [-0.15, -0.1) is 0 Å². The van der Waals surface area contributed by atoms with E-state index in [1.54, 1.807) is 12.1 Å². The van der Waals surface area contributed by atoms with Crippen molar-refractivity contribution in [2.24, 2.45) is 0 Å². The first-order chi connectivity index (χ1) is 16.4. The molecule has 0 saturated carbocycles. The van der Waals surface area contributed by atoms with Crippen LogP contribution in [0.5, 0.6) is 17.2 Å². The Morgan fingerprint density at radius 1 is 0.639 bits per heavy atom. The van der Waals surface area contributed by atoms with Crippen LogP contribution in [-0.2, 0) is 10.8 Å². The van der Waals surface area contributed by atoms with Crippen LogP contribution in [0.2, 0.25) is 0 Å². The van der Waals surface area contributed by atoms with Crippen LogP contribution >= 0.6 is 86.9 Å². The first-order valence-electron chi connectivity index (χ1n) is 10.4. The second kappa shape index (κ2) is 13.9. The Kier molecular flexibility index (Phi) is 12.8. The molecule has 0 aliphatic carbocycles. The number of benzene rings is 3. The van der Waals surface area contributed by atoms with Gasteiger partial charge in [0.1, 0.15) is 17.2 Å². The van der Waals surface area contributed by atoms with Gasteiger partial charge in [-0.2, -0.15) is 0 Å². The molecule has 4 nitrogen and oxygen atoms in total. The Balaban J connectivity index is 0.000000360. The highest BCUT2D eigenvalue weighted by Gasteiger charge is 2.26. The number of halogens is 6. The fourth-order valence-corrected chi connectivity index (χ4v) is 5.35. The van der Waals surface area contributed by atoms with E-state index in [2.05, 4.69) is 122 Å². The summed E-state index contributed by atoms with van der Waals surface area (Å²) >= 11 is 22.3. The highest BCUT2D eigenvalue weighted by Crippen LogP contribution is 2.43. The van der Waals surface area contributed by atoms with E-state index in [1.165, 1.54) is 5.56 Å². The van der Waals surface area contributed by atoms with Gasteiger partial charge in [-0.1, -0.05) is 46.8 Å². The van der Waals surface area contributed by atoms with Crippen molar-refractivity contribution in [1.82, 2.24) is 0 Å². The van der Waals surface area contributed by atoms with Gasteiger partial charge in [0.05, 0.1) is 17.9 Å². The maximum absolute atomic E-state index is 9.85. The molecule has 3 rings (SSSR count). The van der Waals surface area contributed by atoms with Crippen molar-refractivity contribution in [2.75, 3.05) is 0 Å². The molecule has 3 aromatic carbocycles. The van der Waals surface area contributed by atoms with Crippen molar-refractivity contribution in [3.8, 4) is 17.2 Å². The molecule has 3 N–H and O–H groups in total. The second-order valence-electron chi connectivity index (χ2n) is 9.22. The molecule has 0 aromatic heterocycles. The maximum Gasteiger partial charge on any atom is 0.313 e. The minimum absolute atomic E-state index is 0.174. The van der Waals surface area contributed by atoms with Crippen LogP contribution < -0.4 is 0 Å². The largest absolute Gasteiger partial charge is 0.508 e. The van der Waals surface area contributed by atoms with Gasteiger partial charge >= 0.3 is 4.70 Å². The lowest BCUT2D eigenvalue weighted by Gasteiger charge is -2.27. The molecule has 36 heavy (non-hydrogen) atoms. The second-order valence-corrected chi connectivity index (χ2v) is 13.5. The van der Waals surface area contributed by atoms with Gasteiger partial charge in [0.2, 0.25) is 0 Å². The molecular formula is C26H26Br4Cl2O4. The van der Waals surface area contributed by atoms with Crippen LogP contribution in [0.1, 0.15) is 51.3 Å². The summed E-state index contributed by atoms with van der Waals surface area (Å²) in [5.41, 5.74) is 3.17. The van der Waals surface area contributed by atoms with Crippen molar-refractivity contribution in [2.45, 2.75) is 45.4 Å². The van der Waals surface area contributed by atoms with E-state index in [-0.39, 0.29) is 22.3 Å². The van der Waals surface area contributed by atoms with Crippen LogP contribution in [0.4, 0.5) is 4.79 Å². The van der Waals surface area contributed by atoms with Crippen molar-refractivity contribution >= 4 is 91.6 Å². The number of aromatic hydroxyl groups is 3. The van der Waals surface area contributed by atoms with E-state index in [9.17, 15) is 10.2 Å². The van der Waals surface area contributed by atoms with E-state index >= 15 is 0 Å². The predicted octanol–water partition coefficient (Wildman–Crippen LogP) is 10.7. The number of phenolic OH excluding ortho intramolecular Hbond substituents is 3. The van der Waals surface area contributed by atoms with E-state index in [0.29, 0.717) is 23.6 Å². The Bertz CT molecular complexity index is 1100. The van der Waals surface area contributed by atoms with Gasteiger partial charge < -0.3 is 15.3 Å².